The predicted molar refractivity (Wildman–Crippen MR) is 61.6 cm³/mol. The summed E-state index contributed by atoms with van der Waals surface area (Å²) in [5.74, 6) is 0. The van der Waals surface area contributed by atoms with E-state index in [1.165, 1.54) is 15.7 Å². The highest BCUT2D eigenvalue weighted by Crippen LogP contribution is 2.40. The van der Waals surface area contributed by atoms with Crippen molar-refractivity contribution in [3.8, 4) is 0 Å². The highest BCUT2D eigenvalue weighted by atomic mass is 79.9. The van der Waals surface area contributed by atoms with Crippen molar-refractivity contribution in [2.45, 2.75) is 24.9 Å². The topological polar surface area (TPSA) is 29.3 Å². The summed E-state index contributed by atoms with van der Waals surface area (Å²) in [4.78, 5) is 2.46. The predicted octanol–water partition coefficient (Wildman–Crippen LogP) is 1.91. The van der Waals surface area contributed by atoms with Crippen LogP contribution in [0.25, 0.3) is 0 Å². The van der Waals surface area contributed by atoms with E-state index < -0.39 is 0 Å². The normalized spacial score (nSPS) is 29.1. The standard InChI is InChI=1S/C11H13BrN2/c12-8-2-1-3-10-7(8)6-11-9(13)4-5-14(10)11/h1-3,9,11H,4-6,13H2. The Morgan fingerprint density at radius 2 is 2.29 bits per heavy atom. The van der Waals surface area contributed by atoms with E-state index in [-0.39, 0.29) is 0 Å². The smallest absolute Gasteiger partial charge is 0.0483 e. The number of hydrogen-bond donors (Lipinski definition) is 1. The molecule has 0 aliphatic carbocycles. The SMILES string of the molecule is NC1CCN2c3cccc(Br)c3CC12. The van der Waals surface area contributed by atoms with E-state index in [1.807, 2.05) is 0 Å². The Morgan fingerprint density at radius 3 is 3.14 bits per heavy atom. The molecule has 0 spiro atoms. The van der Waals surface area contributed by atoms with Gasteiger partial charge < -0.3 is 10.6 Å². The van der Waals surface area contributed by atoms with Crippen LogP contribution < -0.4 is 10.6 Å². The zero-order valence-corrected chi connectivity index (χ0v) is 9.50. The van der Waals surface area contributed by atoms with Gasteiger partial charge in [-0.05, 0) is 30.5 Å². The number of fused-ring (bicyclic) bond motifs is 3. The van der Waals surface area contributed by atoms with Crippen LogP contribution in [0.1, 0.15) is 12.0 Å². The van der Waals surface area contributed by atoms with Crippen molar-refractivity contribution >= 4 is 21.6 Å². The van der Waals surface area contributed by atoms with Crippen molar-refractivity contribution in [3.05, 3.63) is 28.2 Å². The molecule has 0 amide bonds. The molecule has 0 aromatic heterocycles. The molecule has 2 nitrogen and oxygen atoms in total. The average Bonchev–Trinajstić information content (AvgIpc) is 2.69. The first-order valence-electron chi connectivity index (χ1n) is 5.07. The van der Waals surface area contributed by atoms with Crippen LogP contribution in [0.3, 0.4) is 0 Å². The Hall–Kier alpha value is -0.540. The Kier molecular flexibility index (Phi) is 1.86. The zero-order chi connectivity index (χ0) is 9.71. The molecule has 0 radical (unpaired) electrons. The molecule has 1 saturated heterocycles. The molecule has 3 heteroatoms. The fourth-order valence-electron chi connectivity index (χ4n) is 2.67. The first-order valence-corrected chi connectivity index (χ1v) is 5.86. The van der Waals surface area contributed by atoms with Crippen molar-refractivity contribution < 1.29 is 0 Å². The molecule has 0 saturated carbocycles. The minimum Gasteiger partial charge on any atom is -0.366 e. The van der Waals surface area contributed by atoms with E-state index in [0.717, 1.165) is 19.4 Å². The summed E-state index contributed by atoms with van der Waals surface area (Å²) in [5.41, 5.74) is 8.92. The van der Waals surface area contributed by atoms with Gasteiger partial charge in [0.15, 0.2) is 0 Å². The van der Waals surface area contributed by atoms with E-state index in [2.05, 4.69) is 39.0 Å². The summed E-state index contributed by atoms with van der Waals surface area (Å²) >= 11 is 3.61. The third kappa shape index (κ3) is 1.06. The van der Waals surface area contributed by atoms with Gasteiger partial charge in [0.2, 0.25) is 0 Å². The molecule has 1 aromatic rings. The maximum Gasteiger partial charge on any atom is 0.0483 e. The number of anilines is 1. The van der Waals surface area contributed by atoms with Crippen molar-refractivity contribution in [3.63, 3.8) is 0 Å². The van der Waals surface area contributed by atoms with Gasteiger partial charge in [-0.15, -0.1) is 0 Å². The Labute approximate surface area is 92.2 Å². The third-order valence-electron chi connectivity index (χ3n) is 3.41. The minimum atomic E-state index is 0.356. The molecule has 1 fully saturated rings. The van der Waals surface area contributed by atoms with E-state index >= 15 is 0 Å². The second kappa shape index (κ2) is 2.97. The fourth-order valence-corrected chi connectivity index (χ4v) is 3.18. The molecule has 2 aliphatic rings. The monoisotopic (exact) mass is 252 g/mol. The molecule has 2 aliphatic heterocycles. The van der Waals surface area contributed by atoms with E-state index in [1.54, 1.807) is 0 Å². The average molecular weight is 253 g/mol. The maximum absolute atomic E-state index is 6.09. The van der Waals surface area contributed by atoms with E-state index in [0.29, 0.717) is 12.1 Å². The number of nitrogens with zero attached hydrogens (tertiary/aromatic N) is 1. The van der Waals surface area contributed by atoms with Crippen LogP contribution in [0, 0.1) is 0 Å². The molecule has 2 atom stereocenters. The van der Waals surface area contributed by atoms with Gasteiger partial charge in [0.25, 0.3) is 0 Å². The lowest BCUT2D eigenvalue weighted by atomic mass is 10.0. The van der Waals surface area contributed by atoms with Gasteiger partial charge in [0.05, 0.1) is 0 Å². The molecular weight excluding hydrogens is 240 g/mol. The van der Waals surface area contributed by atoms with Crippen LogP contribution >= 0.6 is 15.9 Å². The lowest BCUT2D eigenvalue weighted by molar-refractivity contribution is 0.599. The van der Waals surface area contributed by atoms with Gasteiger partial charge in [-0.25, -0.2) is 0 Å². The van der Waals surface area contributed by atoms with Crippen LogP contribution in [0.4, 0.5) is 5.69 Å². The summed E-state index contributed by atoms with van der Waals surface area (Å²) < 4.78 is 1.23. The molecule has 3 rings (SSSR count). The quantitative estimate of drug-likeness (QED) is 0.765. The Balaban J connectivity index is 2.08. The molecule has 2 N–H and O–H groups in total. The summed E-state index contributed by atoms with van der Waals surface area (Å²) in [6.07, 6.45) is 2.24. The minimum absolute atomic E-state index is 0.356. The molecule has 2 heterocycles. The van der Waals surface area contributed by atoms with Crippen LogP contribution in [-0.4, -0.2) is 18.6 Å². The first kappa shape index (κ1) is 8.74. The lowest BCUT2D eigenvalue weighted by Gasteiger charge is -2.20. The number of halogens is 1. The Morgan fingerprint density at radius 1 is 1.43 bits per heavy atom. The molecule has 0 bridgehead atoms. The highest BCUT2D eigenvalue weighted by molar-refractivity contribution is 9.10. The number of benzene rings is 1. The van der Waals surface area contributed by atoms with E-state index in [4.69, 9.17) is 5.73 Å². The maximum atomic E-state index is 6.09. The summed E-state index contributed by atoms with van der Waals surface area (Å²) in [6, 6.07) is 7.33. The van der Waals surface area contributed by atoms with Gasteiger partial charge in [0.1, 0.15) is 0 Å². The van der Waals surface area contributed by atoms with Gasteiger partial charge >= 0.3 is 0 Å². The number of hydrogen-bond acceptors (Lipinski definition) is 2. The first-order chi connectivity index (χ1) is 6.77. The second-order valence-electron chi connectivity index (χ2n) is 4.15. The summed E-state index contributed by atoms with van der Waals surface area (Å²) in [6.45, 7) is 1.12. The Bertz CT molecular complexity index is 378. The molecule has 1 aromatic carbocycles. The zero-order valence-electron chi connectivity index (χ0n) is 7.91. The van der Waals surface area contributed by atoms with Crippen molar-refractivity contribution in [2.24, 2.45) is 5.73 Å². The van der Waals surface area contributed by atoms with Crippen LogP contribution in [-0.2, 0) is 6.42 Å². The van der Waals surface area contributed by atoms with Crippen molar-refractivity contribution in [1.82, 2.24) is 0 Å². The number of nitrogens with two attached hydrogens (primary N) is 1. The van der Waals surface area contributed by atoms with Crippen LogP contribution in [0.5, 0.6) is 0 Å². The van der Waals surface area contributed by atoms with Crippen LogP contribution in [0.15, 0.2) is 22.7 Å². The summed E-state index contributed by atoms with van der Waals surface area (Å²) in [7, 11) is 0. The molecular formula is C11H13BrN2. The largest absolute Gasteiger partial charge is 0.366 e. The van der Waals surface area contributed by atoms with E-state index in [9.17, 15) is 0 Å². The van der Waals surface area contributed by atoms with Crippen molar-refractivity contribution in [2.75, 3.05) is 11.4 Å². The lowest BCUT2D eigenvalue weighted by Crippen LogP contribution is -2.36. The van der Waals surface area contributed by atoms with Gasteiger partial charge in [-0.1, -0.05) is 22.0 Å². The third-order valence-corrected chi connectivity index (χ3v) is 4.16. The van der Waals surface area contributed by atoms with Gasteiger partial charge in [-0.2, -0.15) is 0 Å². The molecule has 2 unspecified atom stereocenters. The highest BCUT2D eigenvalue weighted by Gasteiger charge is 2.38. The number of rotatable bonds is 0. The fraction of sp³-hybridized carbons (Fsp3) is 0.455. The summed E-state index contributed by atoms with van der Waals surface area (Å²) in [5, 5.41) is 0. The van der Waals surface area contributed by atoms with Crippen LogP contribution in [0.2, 0.25) is 0 Å². The second-order valence-corrected chi connectivity index (χ2v) is 5.01. The molecule has 14 heavy (non-hydrogen) atoms. The van der Waals surface area contributed by atoms with Crippen molar-refractivity contribution in [1.29, 1.82) is 0 Å². The van der Waals surface area contributed by atoms with Gasteiger partial charge in [-0.3, -0.25) is 0 Å². The van der Waals surface area contributed by atoms with Gasteiger partial charge in [0, 0.05) is 28.8 Å². The molecule has 74 valence electrons.